The van der Waals surface area contributed by atoms with Gasteiger partial charge in [0.15, 0.2) is 5.96 Å². The van der Waals surface area contributed by atoms with Gasteiger partial charge < -0.3 is 10.2 Å². The molecule has 1 atom stereocenters. The number of thioether (sulfide) groups is 1. The van der Waals surface area contributed by atoms with Gasteiger partial charge in [-0.15, -0.1) is 24.0 Å². The van der Waals surface area contributed by atoms with Crippen LogP contribution in [0.4, 0.5) is 13.2 Å². The smallest absolute Gasteiger partial charge is 0.356 e. The zero-order valence-electron chi connectivity index (χ0n) is 16.1. The number of hydrogen-bond donors (Lipinski definition) is 1. The van der Waals surface area contributed by atoms with E-state index in [-0.39, 0.29) is 29.9 Å². The minimum atomic E-state index is -4.10. The minimum absolute atomic E-state index is 0. The maximum absolute atomic E-state index is 12.5. The highest BCUT2D eigenvalue weighted by Crippen LogP contribution is 2.42. The maximum Gasteiger partial charge on any atom is 0.401 e. The van der Waals surface area contributed by atoms with E-state index >= 15 is 0 Å². The predicted octanol–water partition coefficient (Wildman–Crippen LogP) is 3.82. The van der Waals surface area contributed by atoms with Crippen molar-refractivity contribution in [3.63, 3.8) is 0 Å². The Bertz CT molecular complexity index is 492. The summed E-state index contributed by atoms with van der Waals surface area (Å²) in [6, 6.07) is 0. The van der Waals surface area contributed by atoms with E-state index in [0.717, 1.165) is 31.2 Å². The van der Waals surface area contributed by atoms with Gasteiger partial charge in [0.2, 0.25) is 0 Å². The first-order valence-corrected chi connectivity index (χ1v) is 10.8. The van der Waals surface area contributed by atoms with Crippen molar-refractivity contribution in [2.45, 2.75) is 49.4 Å². The number of rotatable bonds is 3. The topological polar surface area (TPSA) is 30.9 Å². The Labute approximate surface area is 182 Å². The van der Waals surface area contributed by atoms with Crippen LogP contribution in [0.1, 0.15) is 38.5 Å². The normalized spacial score (nSPS) is 26.9. The van der Waals surface area contributed by atoms with Crippen LogP contribution in [-0.4, -0.2) is 78.8 Å². The Morgan fingerprint density at radius 1 is 1.22 bits per heavy atom. The third kappa shape index (κ3) is 6.83. The average molecular weight is 520 g/mol. The molecule has 1 spiro atoms. The van der Waals surface area contributed by atoms with E-state index in [1.807, 2.05) is 7.05 Å². The van der Waals surface area contributed by atoms with Crippen molar-refractivity contribution in [2.24, 2.45) is 10.9 Å². The van der Waals surface area contributed by atoms with Gasteiger partial charge in [-0.05, 0) is 31.7 Å². The van der Waals surface area contributed by atoms with Crippen LogP contribution in [0, 0.1) is 5.92 Å². The lowest BCUT2D eigenvalue weighted by molar-refractivity contribution is -0.143. The van der Waals surface area contributed by atoms with Crippen molar-refractivity contribution in [3.8, 4) is 0 Å². The second-order valence-electron chi connectivity index (χ2n) is 7.95. The number of nitrogens with one attached hydrogen (secondary N) is 1. The molecule has 2 saturated heterocycles. The molecule has 3 rings (SSSR count). The molecule has 1 unspecified atom stereocenters. The van der Waals surface area contributed by atoms with Crippen LogP contribution in [0.3, 0.4) is 0 Å². The van der Waals surface area contributed by atoms with E-state index in [0.29, 0.717) is 24.4 Å². The molecular formula is C18H32F3IN4S. The Morgan fingerprint density at radius 2 is 1.96 bits per heavy atom. The second kappa shape index (κ2) is 10.2. The number of guanidine groups is 1. The van der Waals surface area contributed by atoms with Crippen LogP contribution in [0.5, 0.6) is 0 Å². The van der Waals surface area contributed by atoms with Crippen molar-refractivity contribution in [2.75, 3.05) is 52.1 Å². The lowest BCUT2D eigenvalue weighted by atomic mass is 9.87. The molecule has 1 N–H and O–H groups in total. The summed E-state index contributed by atoms with van der Waals surface area (Å²) in [5.74, 6) is 2.31. The van der Waals surface area contributed by atoms with Gasteiger partial charge in [0.05, 0.1) is 6.54 Å². The van der Waals surface area contributed by atoms with Gasteiger partial charge in [0.1, 0.15) is 0 Å². The van der Waals surface area contributed by atoms with E-state index < -0.39 is 12.7 Å². The summed E-state index contributed by atoms with van der Waals surface area (Å²) in [7, 11) is 1.81. The van der Waals surface area contributed by atoms with Crippen molar-refractivity contribution in [3.05, 3.63) is 0 Å². The number of nitrogens with zero attached hydrogens (tertiary/aromatic N) is 3. The van der Waals surface area contributed by atoms with Gasteiger partial charge >= 0.3 is 6.18 Å². The lowest BCUT2D eigenvalue weighted by Gasteiger charge is -2.45. The molecule has 0 aromatic rings. The zero-order chi connectivity index (χ0) is 18.6. The van der Waals surface area contributed by atoms with Crippen LogP contribution in [-0.2, 0) is 0 Å². The average Bonchev–Trinajstić information content (AvgIpc) is 3.02. The minimum Gasteiger partial charge on any atom is -0.356 e. The molecule has 0 aromatic carbocycles. The molecule has 3 fully saturated rings. The van der Waals surface area contributed by atoms with Crippen LogP contribution in [0.25, 0.3) is 0 Å². The quantitative estimate of drug-likeness (QED) is 0.349. The fourth-order valence-corrected chi connectivity index (χ4v) is 6.14. The summed E-state index contributed by atoms with van der Waals surface area (Å²) in [5.41, 5.74) is 0. The standard InChI is InChI=1S/C18H31F3N4S.HI/c1-22-16(23-11-15-5-8-24(12-15)14-18(19,20)21)25-9-10-26-17(13-25)6-3-2-4-7-17;/h15H,2-14H2,1H3,(H,22,23);1H. The summed E-state index contributed by atoms with van der Waals surface area (Å²) < 4.78 is 38.0. The first-order valence-electron chi connectivity index (χ1n) is 9.78. The van der Waals surface area contributed by atoms with E-state index in [9.17, 15) is 13.2 Å². The van der Waals surface area contributed by atoms with E-state index in [4.69, 9.17) is 0 Å². The first-order chi connectivity index (χ1) is 12.4. The number of halogens is 4. The van der Waals surface area contributed by atoms with Crippen molar-refractivity contribution in [1.29, 1.82) is 0 Å². The van der Waals surface area contributed by atoms with E-state index in [1.54, 1.807) is 0 Å². The molecule has 1 aliphatic carbocycles. The molecule has 1 saturated carbocycles. The second-order valence-corrected chi connectivity index (χ2v) is 9.51. The van der Waals surface area contributed by atoms with E-state index in [2.05, 4.69) is 27.0 Å². The van der Waals surface area contributed by atoms with E-state index in [1.165, 1.54) is 37.0 Å². The highest BCUT2D eigenvalue weighted by atomic mass is 127. The summed E-state index contributed by atoms with van der Waals surface area (Å²) in [4.78, 5) is 8.34. The third-order valence-corrected chi connectivity index (χ3v) is 7.38. The molecule has 2 aliphatic heterocycles. The zero-order valence-corrected chi connectivity index (χ0v) is 19.2. The molecule has 158 valence electrons. The summed E-state index contributed by atoms with van der Waals surface area (Å²) >= 11 is 2.13. The number of aliphatic imine (C=N–C) groups is 1. The molecule has 4 nitrogen and oxygen atoms in total. The molecule has 0 bridgehead atoms. The van der Waals surface area contributed by atoms with Gasteiger partial charge in [-0.2, -0.15) is 24.9 Å². The lowest BCUT2D eigenvalue weighted by Crippen LogP contribution is -2.54. The molecule has 9 heteroatoms. The first kappa shape index (κ1) is 23.4. The highest BCUT2D eigenvalue weighted by molar-refractivity contribution is 14.0. The summed E-state index contributed by atoms with van der Waals surface area (Å²) in [6.07, 6.45) is 3.30. The number of hydrogen-bond acceptors (Lipinski definition) is 3. The van der Waals surface area contributed by atoms with Crippen LogP contribution < -0.4 is 5.32 Å². The van der Waals surface area contributed by atoms with Crippen LogP contribution in [0.2, 0.25) is 0 Å². The monoisotopic (exact) mass is 520 g/mol. The van der Waals surface area contributed by atoms with Gasteiger partial charge in [0, 0.05) is 43.7 Å². The Balaban J connectivity index is 0.00000261. The van der Waals surface area contributed by atoms with Crippen molar-refractivity contribution >= 4 is 41.7 Å². The van der Waals surface area contributed by atoms with Gasteiger partial charge in [-0.25, -0.2) is 0 Å². The third-order valence-electron chi connectivity index (χ3n) is 5.85. The van der Waals surface area contributed by atoms with Gasteiger partial charge in [-0.1, -0.05) is 19.3 Å². The summed E-state index contributed by atoms with van der Waals surface area (Å²) in [5, 5.41) is 3.45. The molecule has 2 heterocycles. The van der Waals surface area contributed by atoms with Gasteiger partial charge in [0.25, 0.3) is 0 Å². The Hall–Kier alpha value is 0.1000. The maximum atomic E-state index is 12.5. The van der Waals surface area contributed by atoms with Gasteiger partial charge in [-0.3, -0.25) is 9.89 Å². The largest absolute Gasteiger partial charge is 0.401 e. The number of likely N-dealkylation sites (tertiary alicyclic amines) is 1. The fourth-order valence-electron chi connectivity index (χ4n) is 4.57. The van der Waals surface area contributed by atoms with Crippen LogP contribution in [0.15, 0.2) is 4.99 Å². The molecule has 0 amide bonds. The molecule has 27 heavy (non-hydrogen) atoms. The van der Waals surface area contributed by atoms with Crippen molar-refractivity contribution in [1.82, 2.24) is 15.1 Å². The number of alkyl halides is 3. The highest BCUT2D eigenvalue weighted by Gasteiger charge is 2.38. The van der Waals surface area contributed by atoms with Crippen molar-refractivity contribution < 1.29 is 13.2 Å². The Kier molecular flexibility index (Phi) is 8.85. The molecule has 0 radical (unpaired) electrons. The Morgan fingerprint density at radius 3 is 2.63 bits per heavy atom. The molecule has 3 aliphatic rings. The predicted molar refractivity (Wildman–Crippen MR) is 117 cm³/mol. The SMILES string of the molecule is CN=C(NCC1CCN(CC(F)(F)F)C1)N1CCSC2(CCCCC2)C1.I. The fraction of sp³-hybridized carbons (Fsp3) is 0.944. The molecule has 0 aromatic heterocycles. The molecular weight excluding hydrogens is 488 g/mol. The summed E-state index contributed by atoms with van der Waals surface area (Å²) in [6.45, 7) is 3.01. The van der Waals surface area contributed by atoms with Crippen LogP contribution >= 0.6 is 35.7 Å².